The third-order valence-electron chi connectivity index (χ3n) is 2.01. The molecule has 0 bridgehead atoms. The van der Waals surface area contributed by atoms with Gasteiger partial charge in [-0.2, -0.15) is 0 Å². The molecule has 0 aliphatic rings. The average molecular weight is 251 g/mol. The summed E-state index contributed by atoms with van der Waals surface area (Å²) in [5.74, 6) is -0.478. The summed E-state index contributed by atoms with van der Waals surface area (Å²) in [6, 6.07) is 3.82. The Labute approximate surface area is 99.3 Å². The topological polar surface area (TPSA) is 98.3 Å². The third-order valence-corrected chi connectivity index (χ3v) is 2.87. The number of H-pyrrole nitrogens is 2. The summed E-state index contributed by atoms with van der Waals surface area (Å²) in [5, 5.41) is 11.3. The fourth-order valence-electron chi connectivity index (χ4n) is 1.23. The van der Waals surface area contributed by atoms with Gasteiger partial charge in [-0.05, 0) is 11.4 Å². The molecular weight excluding hydrogens is 242 g/mol. The van der Waals surface area contributed by atoms with Crippen LogP contribution >= 0.6 is 11.3 Å². The van der Waals surface area contributed by atoms with Gasteiger partial charge in [0.05, 0.1) is 6.54 Å². The van der Waals surface area contributed by atoms with E-state index in [1.807, 2.05) is 22.5 Å². The summed E-state index contributed by atoms with van der Waals surface area (Å²) in [6.45, 7) is 0.426. The molecular formula is C10H9N3O3S. The summed E-state index contributed by atoms with van der Waals surface area (Å²) in [4.78, 5) is 31.3. The predicted octanol–water partition coefficient (Wildman–Crippen LogP) is 0.449. The quantitative estimate of drug-likeness (QED) is 0.691. The molecule has 0 aliphatic heterocycles. The molecule has 2 rings (SSSR count). The van der Waals surface area contributed by atoms with E-state index in [0.717, 1.165) is 4.88 Å². The van der Waals surface area contributed by atoms with Gasteiger partial charge in [0.2, 0.25) is 5.88 Å². The number of aromatic nitrogens is 2. The van der Waals surface area contributed by atoms with Crippen LogP contribution < -0.4 is 11.2 Å². The standard InChI is InChI=1S/C10H9N3O3S/c14-8-7(9(15)13-10(16)12-8)5-11-4-6-2-1-3-17-6/h1-3,5H,4H2,(H3,12,13,14,15,16). The fraction of sp³-hybridized carbons (Fsp3) is 0.100. The van der Waals surface area contributed by atoms with Crippen molar-refractivity contribution < 1.29 is 5.11 Å². The van der Waals surface area contributed by atoms with Crippen molar-refractivity contribution in [2.24, 2.45) is 4.99 Å². The monoisotopic (exact) mass is 251 g/mol. The van der Waals surface area contributed by atoms with E-state index in [4.69, 9.17) is 0 Å². The molecule has 0 saturated heterocycles. The van der Waals surface area contributed by atoms with E-state index in [1.54, 1.807) is 11.3 Å². The summed E-state index contributed by atoms with van der Waals surface area (Å²) in [5.41, 5.74) is -1.47. The normalized spacial score (nSPS) is 11.1. The molecule has 0 fully saturated rings. The Morgan fingerprint density at radius 2 is 2.24 bits per heavy atom. The first-order valence-electron chi connectivity index (χ1n) is 4.74. The zero-order chi connectivity index (χ0) is 12.3. The Bertz CT molecular complexity index is 640. The first kappa shape index (κ1) is 11.3. The lowest BCUT2D eigenvalue weighted by Gasteiger charge is -1.95. The van der Waals surface area contributed by atoms with Gasteiger partial charge in [-0.3, -0.25) is 19.8 Å². The number of hydrogen-bond donors (Lipinski definition) is 3. The molecule has 2 heterocycles. The first-order valence-corrected chi connectivity index (χ1v) is 5.62. The number of nitrogens with one attached hydrogen (secondary N) is 2. The van der Waals surface area contributed by atoms with Crippen molar-refractivity contribution >= 4 is 17.6 Å². The molecule has 0 aromatic carbocycles. The molecule has 3 N–H and O–H groups in total. The zero-order valence-electron chi connectivity index (χ0n) is 8.64. The summed E-state index contributed by atoms with van der Waals surface area (Å²) < 4.78 is 0. The van der Waals surface area contributed by atoms with Crippen LogP contribution in [0.4, 0.5) is 0 Å². The molecule has 0 amide bonds. The number of aromatic amines is 2. The highest BCUT2D eigenvalue weighted by Crippen LogP contribution is 2.09. The minimum Gasteiger partial charge on any atom is -0.494 e. The van der Waals surface area contributed by atoms with Crippen LogP contribution in [0.25, 0.3) is 0 Å². The van der Waals surface area contributed by atoms with Crippen molar-refractivity contribution in [3.8, 4) is 5.88 Å². The van der Waals surface area contributed by atoms with Crippen molar-refractivity contribution in [3.63, 3.8) is 0 Å². The predicted molar refractivity (Wildman–Crippen MR) is 65.0 cm³/mol. The van der Waals surface area contributed by atoms with E-state index in [1.165, 1.54) is 6.21 Å². The van der Waals surface area contributed by atoms with Crippen molar-refractivity contribution in [1.29, 1.82) is 0 Å². The minimum atomic E-state index is -0.747. The van der Waals surface area contributed by atoms with Crippen LogP contribution in [-0.2, 0) is 6.54 Å². The van der Waals surface area contributed by atoms with Crippen LogP contribution in [0.15, 0.2) is 32.1 Å². The number of rotatable bonds is 3. The van der Waals surface area contributed by atoms with Gasteiger partial charge in [0.1, 0.15) is 5.56 Å². The summed E-state index contributed by atoms with van der Waals surface area (Å²) in [6.07, 6.45) is 1.24. The van der Waals surface area contributed by atoms with Gasteiger partial charge in [0.25, 0.3) is 5.56 Å². The van der Waals surface area contributed by atoms with Gasteiger partial charge in [0.15, 0.2) is 0 Å². The van der Waals surface area contributed by atoms with Gasteiger partial charge in [-0.25, -0.2) is 4.79 Å². The molecule has 0 unspecified atom stereocenters. The Kier molecular flexibility index (Phi) is 3.20. The van der Waals surface area contributed by atoms with Crippen LogP contribution in [-0.4, -0.2) is 21.3 Å². The second kappa shape index (κ2) is 4.79. The van der Waals surface area contributed by atoms with Crippen LogP contribution in [0.3, 0.4) is 0 Å². The lowest BCUT2D eigenvalue weighted by molar-refractivity contribution is 0.447. The molecule has 0 radical (unpaired) electrons. The van der Waals surface area contributed by atoms with Crippen molar-refractivity contribution in [3.05, 3.63) is 48.8 Å². The smallest absolute Gasteiger partial charge is 0.328 e. The largest absolute Gasteiger partial charge is 0.494 e. The highest BCUT2D eigenvalue weighted by molar-refractivity contribution is 7.09. The summed E-state index contributed by atoms with van der Waals surface area (Å²) >= 11 is 1.55. The number of nitrogens with zero attached hydrogens (tertiary/aromatic N) is 1. The van der Waals surface area contributed by atoms with Crippen LogP contribution in [0, 0.1) is 0 Å². The van der Waals surface area contributed by atoms with E-state index >= 15 is 0 Å². The Morgan fingerprint density at radius 1 is 1.41 bits per heavy atom. The average Bonchev–Trinajstić information content (AvgIpc) is 2.74. The lowest BCUT2D eigenvalue weighted by Crippen LogP contribution is -2.24. The minimum absolute atomic E-state index is 0.0545. The molecule has 7 heteroatoms. The molecule has 0 aliphatic carbocycles. The highest BCUT2D eigenvalue weighted by atomic mass is 32.1. The molecule has 2 aromatic rings. The maximum absolute atomic E-state index is 11.3. The maximum Gasteiger partial charge on any atom is 0.328 e. The molecule has 88 valence electrons. The summed E-state index contributed by atoms with van der Waals surface area (Å²) in [7, 11) is 0. The van der Waals surface area contributed by atoms with E-state index in [-0.39, 0.29) is 5.56 Å². The molecule has 6 nitrogen and oxygen atoms in total. The number of aromatic hydroxyl groups is 1. The zero-order valence-corrected chi connectivity index (χ0v) is 9.45. The van der Waals surface area contributed by atoms with Gasteiger partial charge in [0, 0.05) is 11.1 Å². The SMILES string of the molecule is O=c1[nH]c(O)c(C=NCc2cccs2)c(=O)[nH]1. The number of thiophene rings is 1. The number of aliphatic imine (C=N–C) groups is 1. The fourth-order valence-corrected chi connectivity index (χ4v) is 1.87. The van der Waals surface area contributed by atoms with E-state index in [2.05, 4.69) is 9.98 Å². The molecule has 0 saturated carbocycles. The van der Waals surface area contributed by atoms with E-state index in [0.29, 0.717) is 6.54 Å². The Hall–Kier alpha value is -2.15. The van der Waals surface area contributed by atoms with E-state index in [9.17, 15) is 14.7 Å². The Balaban J connectivity index is 2.22. The van der Waals surface area contributed by atoms with Gasteiger partial charge in [-0.15, -0.1) is 11.3 Å². The van der Waals surface area contributed by atoms with Crippen molar-refractivity contribution in [2.45, 2.75) is 6.54 Å². The first-order chi connectivity index (χ1) is 8.16. The number of hydrogen-bond acceptors (Lipinski definition) is 5. The van der Waals surface area contributed by atoms with Crippen LogP contribution in [0.5, 0.6) is 5.88 Å². The molecule has 17 heavy (non-hydrogen) atoms. The maximum atomic E-state index is 11.3. The van der Waals surface area contributed by atoms with Gasteiger partial charge < -0.3 is 5.11 Å². The highest BCUT2D eigenvalue weighted by Gasteiger charge is 2.04. The van der Waals surface area contributed by atoms with Crippen molar-refractivity contribution in [1.82, 2.24) is 9.97 Å². The third kappa shape index (κ3) is 2.70. The second-order valence-corrected chi connectivity index (χ2v) is 4.25. The van der Waals surface area contributed by atoms with Gasteiger partial charge >= 0.3 is 5.69 Å². The molecule has 2 aromatic heterocycles. The van der Waals surface area contributed by atoms with Crippen LogP contribution in [0.1, 0.15) is 10.4 Å². The second-order valence-electron chi connectivity index (χ2n) is 3.22. The van der Waals surface area contributed by atoms with Gasteiger partial charge in [-0.1, -0.05) is 6.07 Å². The Morgan fingerprint density at radius 3 is 2.88 bits per heavy atom. The molecule has 0 atom stereocenters. The van der Waals surface area contributed by atoms with E-state index < -0.39 is 17.1 Å². The lowest BCUT2D eigenvalue weighted by atomic mass is 10.3. The van der Waals surface area contributed by atoms with Crippen LogP contribution in [0.2, 0.25) is 0 Å². The van der Waals surface area contributed by atoms with Crippen molar-refractivity contribution in [2.75, 3.05) is 0 Å². The molecule has 0 spiro atoms.